The number of para-hydroxylation sites is 3. The van der Waals surface area contributed by atoms with Crippen molar-refractivity contribution in [2.75, 3.05) is 0 Å². The molecule has 0 N–H and O–H groups in total. The molecule has 5 aromatic heterocycles. The summed E-state index contributed by atoms with van der Waals surface area (Å²) in [5.41, 5.74) is 14.0. The van der Waals surface area contributed by atoms with Crippen LogP contribution in [-0.4, -0.2) is 24.5 Å². The van der Waals surface area contributed by atoms with Crippen LogP contribution in [0.25, 0.3) is 94.7 Å². The van der Waals surface area contributed by atoms with Crippen molar-refractivity contribution in [3.63, 3.8) is 0 Å². The quantitative estimate of drug-likeness (QED) is 0.176. The molecule has 0 aliphatic carbocycles. The molecule has 0 saturated heterocycles. The van der Waals surface area contributed by atoms with Gasteiger partial charge in [-0.15, -0.1) is 0 Å². The third-order valence-electron chi connectivity index (χ3n) is 9.91. The van der Waals surface area contributed by atoms with E-state index in [1.807, 2.05) is 36.4 Å². The van der Waals surface area contributed by atoms with Crippen LogP contribution in [0.5, 0.6) is 0 Å². The Kier molecular flexibility index (Phi) is 7.40. The molecule has 0 fully saturated rings. The summed E-state index contributed by atoms with van der Waals surface area (Å²) in [5, 5.41) is 3.56. The lowest BCUT2D eigenvalue weighted by molar-refractivity contribution is 1.17. The van der Waals surface area contributed by atoms with Gasteiger partial charge in [0.25, 0.3) is 0 Å². The first-order valence-electron chi connectivity index (χ1n) is 17.7. The second-order valence-electron chi connectivity index (χ2n) is 13.1. The summed E-state index contributed by atoms with van der Waals surface area (Å²) in [6.45, 7) is 0. The lowest BCUT2D eigenvalue weighted by atomic mass is 9.93. The van der Waals surface area contributed by atoms with E-state index in [1.54, 1.807) is 12.4 Å². The Hall–Kier alpha value is -7.24. The third-order valence-corrected chi connectivity index (χ3v) is 9.91. The van der Waals surface area contributed by atoms with Gasteiger partial charge in [0, 0.05) is 39.8 Å². The van der Waals surface area contributed by atoms with E-state index in [0.29, 0.717) is 0 Å². The first-order chi connectivity index (χ1) is 26.3. The van der Waals surface area contributed by atoms with Crippen molar-refractivity contribution in [3.05, 3.63) is 188 Å². The lowest BCUT2D eigenvalue weighted by Gasteiger charge is -2.16. The van der Waals surface area contributed by atoms with Crippen LogP contribution >= 0.6 is 0 Å². The van der Waals surface area contributed by atoms with Crippen molar-refractivity contribution < 1.29 is 0 Å². The van der Waals surface area contributed by atoms with Gasteiger partial charge < -0.3 is 4.57 Å². The van der Waals surface area contributed by atoms with Crippen LogP contribution in [0.3, 0.4) is 0 Å². The van der Waals surface area contributed by atoms with Gasteiger partial charge in [-0.1, -0.05) is 115 Å². The zero-order valence-electron chi connectivity index (χ0n) is 28.6. The van der Waals surface area contributed by atoms with Crippen LogP contribution in [0.2, 0.25) is 0 Å². The van der Waals surface area contributed by atoms with E-state index in [4.69, 9.17) is 9.97 Å². The van der Waals surface area contributed by atoms with Crippen molar-refractivity contribution in [1.29, 1.82) is 0 Å². The maximum Gasteiger partial charge on any atom is 0.0962 e. The fourth-order valence-electron chi connectivity index (χ4n) is 7.50. The molecule has 0 unspecified atom stereocenters. The van der Waals surface area contributed by atoms with E-state index >= 15 is 0 Å². The van der Waals surface area contributed by atoms with Crippen LogP contribution in [0.15, 0.2) is 188 Å². The maximum atomic E-state index is 5.44. The zero-order valence-corrected chi connectivity index (χ0v) is 28.6. The highest BCUT2D eigenvalue weighted by molar-refractivity contribution is 6.24. The van der Waals surface area contributed by atoms with E-state index < -0.39 is 0 Å². The molecule has 0 aliphatic rings. The SMILES string of the molecule is c1ccc(-n2c3ccccc3c3c4ccccc4nc(-c4ccccc4-c4ccc(-c5cc(-c6ccccn6)nc(-c6ccccn6)c5)cc4)c32)cc1. The number of hydrogen-bond donors (Lipinski definition) is 0. The molecule has 5 heteroatoms. The van der Waals surface area contributed by atoms with Crippen LogP contribution in [0, 0.1) is 0 Å². The van der Waals surface area contributed by atoms with Gasteiger partial charge in [-0.25, -0.2) is 9.97 Å². The molecule has 0 aliphatic heterocycles. The molecule has 5 aromatic carbocycles. The molecule has 5 nitrogen and oxygen atoms in total. The van der Waals surface area contributed by atoms with Gasteiger partial charge in [-0.2, -0.15) is 0 Å². The molecule has 0 bridgehead atoms. The van der Waals surface area contributed by atoms with Crippen molar-refractivity contribution in [3.8, 4) is 62.0 Å². The first-order valence-corrected chi connectivity index (χ1v) is 17.7. The summed E-state index contributed by atoms with van der Waals surface area (Å²) in [6, 6.07) is 61.2. The van der Waals surface area contributed by atoms with E-state index in [1.165, 1.54) is 10.8 Å². The Labute approximate surface area is 306 Å². The number of nitrogens with zero attached hydrogens (tertiary/aromatic N) is 5. The Morgan fingerprint density at radius 3 is 1.68 bits per heavy atom. The minimum absolute atomic E-state index is 0.804. The van der Waals surface area contributed by atoms with Gasteiger partial charge in [-0.05, 0) is 82.9 Å². The number of rotatable bonds is 6. The smallest absolute Gasteiger partial charge is 0.0962 e. The molecule has 0 radical (unpaired) electrons. The second kappa shape index (κ2) is 12.8. The minimum Gasteiger partial charge on any atom is -0.307 e. The number of pyridine rings is 4. The van der Waals surface area contributed by atoms with E-state index in [-0.39, 0.29) is 0 Å². The van der Waals surface area contributed by atoms with Gasteiger partial charge >= 0.3 is 0 Å². The molecule has 0 saturated carbocycles. The predicted molar refractivity (Wildman–Crippen MR) is 217 cm³/mol. The molecule has 0 atom stereocenters. The zero-order chi connectivity index (χ0) is 35.1. The van der Waals surface area contributed by atoms with Crippen molar-refractivity contribution in [2.24, 2.45) is 0 Å². The van der Waals surface area contributed by atoms with Gasteiger partial charge in [0.05, 0.1) is 45.0 Å². The Balaban J connectivity index is 1.16. The summed E-state index contributed by atoms with van der Waals surface area (Å²) in [7, 11) is 0. The molecule has 5 heterocycles. The number of fused-ring (bicyclic) bond motifs is 5. The van der Waals surface area contributed by atoms with Gasteiger partial charge in [0.1, 0.15) is 0 Å². The summed E-state index contributed by atoms with van der Waals surface area (Å²) < 4.78 is 2.38. The summed E-state index contributed by atoms with van der Waals surface area (Å²) >= 11 is 0. The van der Waals surface area contributed by atoms with Crippen molar-refractivity contribution in [1.82, 2.24) is 24.5 Å². The van der Waals surface area contributed by atoms with Gasteiger partial charge in [0.15, 0.2) is 0 Å². The van der Waals surface area contributed by atoms with Crippen LogP contribution in [0.4, 0.5) is 0 Å². The van der Waals surface area contributed by atoms with E-state index in [9.17, 15) is 0 Å². The predicted octanol–water partition coefficient (Wildman–Crippen LogP) is 11.9. The maximum absolute atomic E-state index is 5.44. The molecular formula is C48H31N5. The summed E-state index contributed by atoms with van der Waals surface area (Å²) in [6.07, 6.45) is 3.60. The molecule has 0 spiro atoms. The van der Waals surface area contributed by atoms with Crippen LogP contribution < -0.4 is 0 Å². The standard InChI is InChI=1S/C48H31N5/c1-2-14-35(15-3-1)53-45-23-9-7-19-39(45)46-38-18-6-8-20-40(38)52-47(48(46)53)37-17-5-4-16-36(37)33-26-24-32(25-27-33)34-30-43(41-21-10-12-28-49-41)51-44(31-34)42-22-11-13-29-50-42/h1-31H. The monoisotopic (exact) mass is 677 g/mol. The topological polar surface area (TPSA) is 56.5 Å². The van der Waals surface area contributed by atoms with Crippen LogP contribution in [0.1, 0.15) is 0 Å². The molecule has 10 rings (SSSR count). The third kappa shape index (κ3) is 5.34. The van der Waals surface area contributed by atoms with Gasteiger partial charge in [0.2, 0.25) is 0 Å². The summed E-state index contributed by atoms with van der Waals surface area (Å²) in [4.78, 5) is 19.6. The van der Waals surface area contributed by atoms with Crippen molar-refractivity contribution in [2.45, 2.75) is 0 Å². The number of hydrogen-bond acceptors (Lipinski definition) is 4. The van der Waals surface area contributed by atoms with Crippen LogP contribution in [-0.2, 0) is 0 Å². The number of benzene rings is 5. The fraction of sp³-hybridized carbons (Fsp3) is 0. The van der Waals surface area contributed by atoms with Gasteiger partial charge in [-0.3, -0.25) is 9.97 Å². The Morgan fingerprint density at radius 1 is 0.396 bits per heavy atom. The fourth-order valence-corrected chi connectivity index (χ4v) is 7.50. The molecule has 53 heavy (non-hydrogen) atoms. The summed E-state index contributed by atoms with van der Waals surface area (Å²) in [5.74, 6) is 0. The highest BCUT2D eigenvalue weighted by atomic mass is 15.0. The highest BCUT2D eigenvalue weighted by Gasteiger charge is 2.22. The van der Waals surface area contributed by atoms with Crippen molar-refractivity contribution >= 4 is 32.7 Å². The lowest BCUT2D eigenvalue weighted by Crippen LogP contribution is -1.98. The average molecular weight is 678 g/mol. The Bertz CT molecular complexity index is 2860. The first kappa shape index (κ1) is 30.6. The molecule has 10 aromatic rings. The normalized spacial score (nSPS) is 11.4. The second-order valence-corrected chi connectivity index (χ2v) is 13.1. The minimum atomic E-state index is 0.804. The van der Waals surface area contributed by atoms with E-state index in [0.717, 1.165) is 83.9 Å². The van der Waals surface area contributed by atoms with E-state index in [2.05, 4.69) is 154 Å². The average Bonchev–Trinajstić information content (AvgIpc) is 3.60. The number of aromatic nitrogens is 5. The highest BCUT2D eigenvalue weighted by Crippen LogP contribution is 2.43. The Morgan fingerprint density at radius 2 is 0.981 bits per heavy atom. The molecule has 0 amide bonds. The molecular weight excluding hydrogens is 647 g/mol. The largest absolute Gasteiger partial charge is 0.307 e. The molecule has 248 valence electrons.